The maximum Gasteiger partial charge on any atom is 0.0495 e. The molecule has 8 rings (SSSR count). The second kappa shape index (κ2) is 9.39. The largest absolute Gasteiger partial charge is 0.344 e. The first-order chi connectivity index (χ1) is 20.2. The summed E-state index contributed by atoms with van der Waals surface area (Å²) in [7, 11) is 2.17. The van der Waals surface area contributed by atoms with E-state index in [1.165, 1.54) is 54.5 Å². The number of aryl methyl sites for hydroxylation is 1. The van der Waals surface area contributed by atoms with Gasteiger partial charge in [-0.05, 0) is 87.3 Å². The highest BCUT2D eigenvalue weighted by Gasteiger charge is 2.16. The van der Waals surface area contributed by atoms with Gasteiger partial charge in [-0.1, -0.05) is 97.1 Å². The summed E-state index contributed by atoms with van der Waals surface area (Å²) >= 11 is 0. The molecule has 0 aliphatic heterocycles. The zero-order chi connectivity index (χ0) is 27.3. The molecule has 0 aliphatic carbocycles. The van der Waals surface area contributed by atoms with Crippen LogP contribution in [0.5, 0.6) is 0 Å². The fourth-order valence-corrected chi connectivity index (χ4v) is 6.31. The second-order valence-electron chi connectivity index (χ2n) is 10.7. The van der Waals surface area contributed by atoms with Crippen molar-refractivity contribution in [2.45, 2.75) is 0 Å². The standard InChI is InChI=1S/C39H28N2/c1-40-37-17-9-16-35(39(37)36-25-30-12-7-8-13-31(30)26-38(36)40)28-19-21-33(22-20-28)41(32-14-3-2-4-15-32)34-23-18-27-10-5-6-11-29(27)24-34/h2-26H,1H3. The molecule has 0 radical (unpaired) electrons. The molecule has 0 unspecified atom stereocenters. The summed E-state index contributed by atoms with van der Waals surface area (Å²) in [6.45, 7) is 0. The van der Waals surface area contributed by atoms with E-state index in [-0.39, 0.29) is 0 Å². The minimum Gasteiger partial charge on any atom is -0.344 e. The minimum absolute atomic E-state index is 1.13. The highest BCUT2D eigenvalue weighted by Crippen LogP contribution is 2.40. The molecular formula is C39H28N2. The lowest BCUT2D eigenvalue weighted by Gasteiger charge is -2.26. The summed E-state index contributed by atoms with van der Waals surface area (Å²) in [5.41, 5.74) is 8.39. The number of hydrogen-bond acceptors (Lipinski definition) is 1. The highest BCUT2D eigenvalue weighted by atomic mass is 15.1. The van der Waals surface area contributed by atoms with Crippen molar-refractivity contribution in [1.82, 2.24) is 4.57 Å². The first kappa shape index (κ1) is 23.5. The molecular weight excluding hydrogens is 496 g/mol. The van der Waals surface area contributed by atoms with Crippen molar-refractivity contribution in [3.8, 4) is 11.1 Å². The summed E-state index contributed by atoms with van der Waals surface area (Å²) in [6.07, 6.45) is 0. The number of aromatic nitrogens is 1. The third kappa shape index (κ3) is 3.88. The normalized spacial score (nSPS) is 11.5. The smallest absolute Gasteiger partial charge is 0.0495 e. The quantitative estimate of drug-likeness (QED) is 0.222. The number of fused-ring (bicyclic) bond motifs is 5. The van der Waals surface area contributed by atoms with Crippen molar-refractivity contribution in [2.75, 3.05) is 4.90 Å². The van der Waals surface area contributed by atoms with E-state index in [4.69, 9.17) is 0 Å². The Hall–Kier alpha value is -5.34. The van der Waals surface area contributed by atoms with Crippen LogP contribution in [0.15, 0.2) is 152 Å². The van der Waals surface area contributed by atoms with Gasteiger partial charge >= 0.3 is 0 Å². The van der Waals surface area contributed by atoms with Crippen LogP contribution in [0.1, 0.15) is 0 Å². The molecule has 194 valence electrons. The first-order valence-electron chi connectivity index (χ1n) is 14.1. The van der Waals surface area contributed by atoms with Gasteiger partial charge in [0.2, 0.25) is 0 Å². The molecule has 41 heavy (non-hydrogen) atoms. The van der Waals surface area contributed by atoms with Gasteiger partial charge in [-0.15, -0.1) is 0 Å². The molecule has 0 atom stereocenters. The summed E-state index contributed by atoms with van der Waals surface area (Å²) in [6, 6.07) is 54.8. The van der Waals surface area contributed by atoms with Gasteiger partial charge in [0.25, 0.3) is 0 Å². The van der Waals surface area contributed by atoms with Crippen molar-refractivity contribution in [2.24, 2.45) is 7.05 Å². The molecule has 2 nitrogen and oxygen atoms in total. The SMILES string of the molecule is Cn1c2cc3ccccc3cc2c2c(-c3ccc(N(c4ccccc4)c4ccc5ccccc5c4)cc3)cccc21. The lowest BCUT2D eigenvalue weighted by molar-refractivity contribution is 1.02. The van der Waals surface area contributed by atoms with Gasteiger partial charge in [0.1, 0.15) is 0 Å². The van der Waals surface area contributed by atoms with E-state index in [2.05, 4.69) is 168 Å². The Bertz CT molecular complexity index is 2210. The fourth-order valence-electron chi connectivity index (χ4n) is 6.31. The van der Waals surface area contributed by atoms with Gasteiger partial charge in [-0.25, -0.2) is 0 Å². The number of para-hydroxylation sites is 1. The molecule has 0 aliphatic rings. The molecule has 0 spiro atoms. The van der Waals surface area contributed by atoms with Gasteiger partial charge in [-0.3, -0.25) is 0 Å². The van der Waals surface area contributed by atoms with E-state index < -0.39 is 0 Å². The van der Waals surface area contributed by atoms with Crippen LogP contribution in [0.2, 0.25) is 0 Å². The van der Waals surface area contributed by atoms with Crippen LogP contribution in [-0.4, -0.2) is 4.57 Å². The highest BCUT2D eigenvalue weighted by molar-refractivity contribution is 6.17. The van der Waals surface area contributed by atoms with Crippen LogP contribution in [0.3, 0.4) is 0 Å². The molecule has 8 aromatic rings. The van der Waals surface area contributed by atoms with Crippen molar-refractivity contribution >= 4 is 60.4 Å². The van der Waals surface area contributed by atoms with Crippen LogP contribution >= 0.6 is 0 Å². The zero-order valence-electron chi connectivity index (χ0n) is 22.8. The predicted molar refractivity (Wildman–Crippen MR) is 176 cm³/mol. The fraction of sp³-hybridized carbons (Fsp3) is 0.0256. The van der Waals surface area contributed by atoms with E-state index in [1.807, 2.05) is 0 Å². The molecule has 0 amide bonds. The van der Waals surface area contributed by atoms with Gasteiger partial charge in [0.05, 0.1) is 0 Å². The molecule has 2 heteroatoms. The van der Waals surface area contributed by atoms with Crippen LogP contribution < -0.4 is 4.90 Å². The van der Waals surface area contributed by atoms with Gasteiger partial charge in [0.15, 0.2) is 0 Å². The van der Waals surface area contributed by atoms with Gasteiger partial charge in [0, 0.05) is 45.9 Å². The number of anilines is 3. The number of nitrogens with zero attached hydrogens (tertiary/aromatic N) is 2. The minimum atomic E-state index is 1.13. The van der Waals surface area contributed by atoms with E-state index >= 15 is 0 Å². The first-order valence-corrected chi connectivity index (χ1v) is 14.1. The van der Waals surface area contributed by atoms with Crippen LogP contribution in [0.4, 0.5) is 17.1 Å². The van der Waals surface area contributed by atoms with Crippen LogP contribution in [0, 0.1) is 0 Å². The Morgan fingerprint density at radius 1 is 0.439 bits per heavy atom. The second-order valence-corrected chi connectivity index (χ2v) is 10.7. The maximum absolute atomic E-state index is 2.35. The topological polar surface area (TPSA) is 8.17 Å². The molecule has 7 aromatic carbocycles. The molecule has 0 fully saturated rings. The number of rotatable bonds is 4. The molecule has 1 aromatic heterocycles. The molecule has 0 bridgehead atoms. The van der Waals surface area contributed by atoms with E-state index in [0.29, 0.717) is 0 Å². The summed E-state index contributed by atoms with van der Waals surface area (Å²) in [5, 5.41) is 7.62. The van der Waals surface area contributed by atoms with E-state index in [0.717, 1.165) is 17.1 Å². The van der Waals surface area contributed by atoms with Crippen molar-refractivity contribution < 1.29 is 0 Å². The third-order valence-corrected chi connectivity index (χ3v) is 8.34. The Labute approximate surface area is 239 Å². The average molecular weight is 525 g/mol. The molecule has 0 saturated carbocycles. The van der Waals surface area contributed by atoms with Crippen molar-refractivity contribution in [3.63, 3.8) is 0 Å². The van der Waals surface area contributed by atoms with Crippen molar-refractivity contribution in [1.29, 1.82) is 0 Å². The van der Waals surface area contributed by atoms with Crippen LogP contribution in [-0.2, 0) is 7.05 Å². The van der Waals surface area contributed by atoms with E-state index in [9.17, 15) is 0 Å². The zero-order valence-corrected chi connectivity index (χ0v) is 22.8. The van der Waals surface area contributed by atoms with Gasteiger partial charge < -0.3 is 9.47 Å². The molecule has 0 saturated heterocycles. The third-order valence-electron chi connectivity index (χ3n) is 8.34. The lowest BCUT2D eigenvalue weighted by Crippen LogP contribution is -2.09. The Kier molecular flexibility index (Phi) is 5.39. The van der Waals surface area contributed by atoms with Gasteiger partial charge in [-0.2, -0.15) is 0 Å². The van der Waals surface area contributed by atoms with Crippen molar-refractivity contribution in [3.05, 3.63) is 152 Å². The van der Waals surface area contributed by atoms with Crippen LogP contribution in [0.25, 0.3) is 54.5 Å². The molecule has 0 N–H and O–H groups in total. The summed E-state index contributed by atoms with van der Waals surface area (Å²) in [4.78, 5) is 2.33. The summed E-state index contributed by atoms with van der Waals surface area (Å²) in [5.74, 6) is 0. The van der Waals surface area contributed by atoms with E-state index in [1.54, 1.807) is 0 Å². The number of hydrogen-bond donors (Lipinski definition) is 0. The Balaban J connectivity index is 1.28. The predicted octanol–water partition coefficient (Wildman–Crippen LogP) is 10.8. The lowest BCUT2D eigenvalue weighted by atomic mass is 9.98. The number of benzene rings is 7. The monoisotopic (exact) mass is 524 g/mol. The molecule has 1 heterocycles. The average Bonchev–Trinajstić information content (AvgIpc) is 3.31. The Morgan fingerprint density at radius 2 is 1.05 bits per heavy atom. The summed E-state index contributed by atoms with van der Waals surface area (Å²) < 4.78 is 2.33. The Morgan fingerprint density at radius 3 is 1.80 bits per heavy atom. The maximum atomic E-state index is 2.35.